The molecule has 9 nitrogen and oxygen atoms in total. The van der Waals surface area contributed by atoms with Crippen LogP contribution in [0.2, 0.25) is 0 Å². The summed E-state index contributed by atoms with van der Waals surface area (Å²) in [6.07, 6.45) is 4.80. The first kappa shape index (κ1) is 18.9. The Morgan fingerprint density at radius 2 is 2.00 bits per heavy atom. The van der Waals surface area contributed by atoms with Crippen LogP contribution in [-0.2, 0) is 16.0 Å². The van der Waals surface area contributed by atoms with E-state index < -0.39 is 23.6 Å². The molecule has 0 radical (unpaired) electrons. The van der Waals surface area contributed by atoms with Crippen molar-refractivity contribution in [3.8, 4) is 11.3 Å². The van der Waals surface area contributed by atoms with E-state index >= 15 is 0 Å². The molecule has 0 aromatic carbocycles. The number of pyridine rings is 2. The summed E-state index contributed by atoms with van der Waals surface area (Å²) in [5.41, 5.74) is 7.61. The molecule has 4 N–H and O–H groups in total. The molecule has 28 heavy (non-hydrogen) atoms. The molecule has 0 bridgehead atoms. The quantitative estimate of drug-likeness (QED) is 0.513. The summed E-state index contributed by atoms with van der Waals surface area (Å²) in [5, 5.41) is 9.35. The molecule has 0 fully saturated rings. The number of primary amides is 1. The number of aromatic nitrogens is 4. The number of nitrogens with zero attached hydrogens (tertiary/aromatic N) is 3. The van der Waals surface area contributed by atoms with Gasteiger partial charge in [-0.2, -0.15) is 5.10 Å². The van der Waals surface area contributed by atoms with E-state index in [0.29, 0.717) is 22.5 Å². The van der Waals surface area contributed by atoms with Crippen molar-refractivity contribution in [3.63, 3.8) is 0 Å². The first-order valence-corrected chi connectivity index (χ1v) is 8.47. The van der Waals surface area contributed by atoms with Gasteiger partial charge in [-0.15, -0.1) is 0 Å². The second kappa shape index (κ2) is 8.21. The highest BCUT2D eigenvalue weighted by Gasteiger charge is 2.28. The highest BCUT2D eigenvalue weighted by Crippen LogP contribution is 2.23. The Kier molecular flexibility index (Phi) is 5.54. The first-order chi connectivity index (χ1) is 13.5. The lowest BCUT2D eigenvalue weighted by Gasteiger charge is -2.16. The minimum Gasteiger partial charge on any atom is -0.363 e. The minimum atomic E-state index is -1.14. The standard InChI is InChI=1S/C19H18N6O3/c1-11-15(13-6-2-3-8-22-13)16(25-24-11)19(28)23-14(17(26)18(20)27)9-12-5-4-7-21-10-12/h2-8,10,14H,9H2,1H3,(H2,20,27)(H,23,28)(H,24,25). The van der Waals surface area contributed by atoms with E-state index in [2.05, 4.69) is 25.5 Å². The van der Waals surface area contributed by atoms with Crippen LogP contribution in [0.4, 0.5) is 0 Å². The molecule has 1 unspecified atom stereocenters. The van der Waals surface area contributed by atoms with Gasteiger partial charge in [-0.1, -0.05) is 12.1 Å². The molecule has 9 heteroatoms. The molecule has 2 amide bonds. The Hall–Kier alpha value is -3.88. The molecule has 0 aliphatic heterocycles. The summed E-state index contributed by atoms with van der Waals surface area (Å²) in [7, 11) is 0. The van der Waals surface area contributed by atoms with Crippen LogP contribution in [0.5, 0.6) is 0 Å². The summed E-state index contributed by atoms with van der Waals surface area (Å²) in [6.45, 7) is 1.76. The summed E-state index contributed by atoms with van der Waals surface area (Å²) in [5.74, 6) is -2.64. The number of amides is 2. The number of Topliss-reactive ketones (excluding diaryl/α,β-unsaturated/α-hetero) is 1. The summed E-state index contributed by atoms with van der Waals surface area (Å²) >= 11 is 0. The average molecular weight is 378 g/mol. The zero-order valence-electron chi connectivity index (χ0n) is 15.0. The Morgan fingerprint density at radius 1 is 1.18 bits per heavy atom. The number of rotatable bonds is 7. The molecule has 0 aliphatic rings. The molecule has 142 valence electrons. The number of aryl methyl sites for hydroxylation is 1. The molecule has 3 aromatic heterocycles. The van der Waals surface area contributed by atoms with E-state index in [4.69, 9.17) is 5.73 Å². The molecule has 3 rings (SSSR count). The maximum Gasteiger partial charge on any atom is 0.287 e. The third-order valence-corrected chi connectivity index (χ3v) is 4.11. The van der Waals surface area contributed by atoms with Gasteiger partial charge in [0.05, 0.1) is 11.3 Å². The van der Waals surface area contributed by atoms with Gasteiger partial charge in [0.2, 0.25) is 5.78 Å². The number of carbonyl (C=O) groups excluding carboxylic acids is 3. The van der Waals surface area contributed by atoms with Crippen molar-refractivity contribution in [1.82, 2.24) is 25.5 Å². The van der Waals surface area contributed by atoms with Gasteiger partial charge in [-0.25, -0.2) is 0 Å². The smallest absolute Gasteiger partial charge is 0.287 e. The van der Waals surface area contributed by atoms with Crippen LogP contribution in [0.25, 0.3) is 11.3 Å². The molecule has 0 saturated carbocycles. The lowest BCUT2D eigenvalue weighted by atomic mass is 10.0. The van der Waals surface area contributed by atoms with E-state index in [1.54, 1.807) is 55.8 Å². The Balaban J connectivity index is 1.89. The van der Waals surface area contributed by atoms with Gasteiger partial charge in [0.1, 0.15) is 6.04 Å². The average Bonchev–Trinajstić information content (AvgIpc) is 3.09. The van der Waals surface area contributed by atoms with Crippen LogP contribution < -0.4 is 11.1 Å². The summed E-state index contributed by atoms with van der Waals surface area (Å²) in [6, 6.07) is 7.59. The van der Waals surface area contributed by atoms with Gasteiger partial charge < -0.3 is 11.1 Å². The lowest BCUT2D eigenvalue weighted by molar-refractivity contribution is -0.137. The zero-order chi connectivity index (χ0) is 20.1. The van der Waals surface area contributed by atoms with Gasteiger partial charge in [0.25, 0.3) is 11.8 Å². The first-order valence-electron chi connectivity index (χ1n) is 8.47. The number of hydrogen-bond acceptors (Lipinski definition) is 6. The highest BCUT2D eigenvalue weighted by atomic mass is 16.2. The normalized spacial score (nSPS) is 11.6. The fraction of sp³-hybridized carbons (Fsp3) is 0.158. The van der Waals surface area contributed by atoms with Crippen LogP contribution in [0.1, 0.15) is 21.7 Å². The maximum absolute atomic E-state index is 12.8. The monoisotopic (exact) mass is 378 g/mol. The van der Waals surface area contributed by atoms with E-state index in [0.717, 1.165) is 0 Å². The van der Waals surface area contributed by atoms with E-state index in [1.165, 1.54) is 0 Å². The zero-order valence-corrected chi connectivity index (χ0v) is 15.0. The minimum absolute atomic E-state index is 0.0731. The fourth-order valence-electron chi connectivity index (χ4n) is 2.78. The Labute approximate surface area is 160 Å². The summed E-state index contributed by atoms with van der Waals surface area (Å²) in [4.78, 5) is 44.7. The predicted molar refractivity (Wildman–Crippen MR) is 100.0 cm³/mol. The maximum atomic E-state index is 12.8. The Bertz CT molecular complexity index is 1000. The van der Waals surface area contributed by atoms with E-state index in [-0.39, 0.29) is 12.1 Å². The van der Waals surface area contributed by atoms with E-state index in [1.807, 2.05) is 0 Å². The van der Waals surface area contributed by atoms with Crippen molar-refractivity contribution in [2.24, 2.45) is 5.73 Å². The molecule has 1 atom stereocenters. The molecule has 3 heterocycles. The highest BCUT2D eigenvalue weighted by molar-refractivity contribution is 6.38. The molecule has 0 saturated heterocycles. The number of nitrogens with one attached hydrogen (secondary N) is 2. The van der Waals surface area contributed by atoms with Crippen molar-refractivity contribution < 1.29 is 14.4 Å². The van der Waals surface area contributed by atoms with Crippen LogP contribution >= 0.6 is 0 Å². The predicted octanol–water partition coefficient (Wildman–Crippen LogP) is 0.571. The van der Waals surface area contributed by atoms with Crippen molar-refractivity contribution >= 4 is 17.6 Å². The molecule has 0 aliphatic carbocycles. The van der Waals surface area contributed by atoms with Gasteiger partial charge in [0.15, 0.2) is 5.69 Å². The SMILES string of the molecule is Cc1[nH]nc(C(=O)NC(Cc2cccnc2)C(=O)C(N)=O)c1-c1ccccn1. The third kappa shape index (κ3) is 4.09. The largest absolute Gasteiger partial charge is 0.363 e. The van der Waals surface area contributed by atoms with Gasteiger partial charge in [0, 0.05) is 30.7 Å². The van der Waals surface area contributed by atoms with Crippen molar-refractivity contribution in [3.05, 3.63) is 65.9 Å². The lowest BCUT2D eigenvalue weighted by Crippen LogP contribution is -2.47. The second-order valence-corrected chi connectivity index (χ2v) is 6.11. The van der Waals surface area contributed by atoms with Crippen LogP contribution in [-0.4, -0.2) is 43.8 Å². The van der Waals surface area contributed by atoms with Crippen LogP contribution in [0, 0.1) is 6.92 Å². The molecular weight excluding hydrogens is 360 g/mol. The second-order valence-electron chi connectivity index (χ2n) is 6.11. The summed E-state index contributed by atoms with van der Waals surface area (Å²) < 4.78 is 0. The number of H-pyrrole nitrogens is 1. The third-order valence-electron chi connectivity index (χ3n) is 4.11. The van der Waals surface area contributed by atoms with Crippen molar-refractivity contribution in [2.75, 3.05) is 0 Å². The van der Waals surface area contributed by atoms with Crippen LogP contribution in [0.15, 0.2) is 48.9 Å². The fourth-order valence-corrected chi connectivity index (χ4v) is 2.78. The number of aromatic amines is 1. The van der Waals surface area contributed by atoms with Gasteiger partial charge in [-0.3, -0.25) is 29.5 Å². The van der Waals surface area contributed by atoms with Crippen molar-refractivity contribution in [1.29, 1.82) is 0 Å². The molecule has 0 spiro atoms. The van der Waals surface area contributed by atoms with Crippen LogP contribution in [0.3, 0.4) is 0 Å². The molecule has 3 aromatic rings. The number of ketones is 1. The number of carbonyl (C=O) groups is 3. The molecular formula is C19H18N6O3. The number of nitrogens with two attached hydrogens (primary N) is 1. The number of hydrogen-bond donors (Lipinski definition) is 3. The van der Waals surface area contributed by atoms with Crippen molar-refractivity contribution in [2.45, 2.75) is 19.4 Å². The van der Waals surface area contributed by atoms with E-state index in [9.17, 15) is 14.4 Å². The van der Waals surface area contributed by atoms with Gasteiger partial charge in [-0.05, 0) is 30.7 Å². The Morgan fingerprint density at radius 3 is 2.64 bits per heavy atom. The van der Waals surface area contributed by atoms with Gasteiger partial charge >= 0.3 is 0 Å². The topological polar surface area (TPSA) is 144 Å².